The fourth-order valence-electron chi connectivity index (χ4n) is 1.85. The molecule has 1 aromatic carbocycles. The topological polar surface area (TPSA) is 68.0 Å². The van der Waals surface area contributed by atoms with E-state index in [1.54, 1.807) is 6.07 Å². The number of nitrogens with one attached hydrogen (secondary N) is 1. The number of aryl methyl sites for hydroxylation is 1. The van der Waals surface area contributed by atoms with Crippen LogP contribution in [0.15, 0.2) is 30.3 Å². The first-order chi connectivity index (χ1) is 8.93. The van der Waals surface area contributed by atoms with Gasteiger partial charge < -0.3 is 11.1 Å². The van der Waals surface area contributed by atoms with Gasteiger partial charge in [-0.2, -0.15) is 0 Å². The molecule has 0 spiro atoms. The summed E-state index contributed by atoms with van der Waals surface area (Å²) in [6.07, 6.45) is 0. The predicted molar refractivity (Wildman–Crippen MR) is 77.1 cm³/mol. The van der Waals surface area contributed by atoms with E-state index in [2.05, 4.69) is 10.3 Å². The van der Waals surface area contributed by atoms with Crippen LogP contribution in [0.25, 0.3) is 10.9 Å². The average molecular weight is 257 g/mol. The van der Waals surface area contributed by atoms with E-state index in [0.717, 1.165) is 16.6 Å². The third-order valence-corrected chi connectivity index (χ3v) is 3.07. The number of carbonyl (C=O) groups excluding carboxylic acids is 1. The van der Waals surface area contributed by atoms with Crippen molar-refractivity contribution in [2.45, 2.75) is 26.3 Å². The van der Waals surface area contributed by atoms with Crippen molar-refractivity contribution in [1.82, 2.24) is 10.3 Å². The van der Waals surface area contributed by atoms with E-state index in [1.807, 2.05) is 45.0 Å². The van der Waals surface area contributed by atoms with Crippen molar-refractivity contribution in [3.8, 4) is 0 Å². The van der Waals surface area contributed by atoms with Crippen LogP contribution < -0.4 is 11.1 Å². The van der Waals surface area contributed by atoms with Gasteiger partial charge in [0.05, 0.1) is 11.1 Å². The molecule has 1 amide bonds. The van der Waals surface area contributed by atoms with Gasteiger partial charge in [-0.15, -0.1) is 0 Å². The Morgan fingerprint density at radius 3 is 2.74 bits per heavy atom. The number of rotatable bonds is 3. The molecule has 0 radical (unpaired) electrons. The van der Waals surface area contributed by atoms with Crippen LogP contribution in [0.2, 0.25) is 0 Å². The maximum absolute atomic E-state index is 12.3. The van der Waals surface area contributed by atoms with E-state index in [9.17, 15) is 4.79 Å². The third-order valence-electron chi connectivity index (χ3n) is 3.07. The summed E-state index contributed by atoms with van der Waals surface area (Å²) in [6.45, 7) is 6.09. The SMILES string of the molecule is Cc1ccc2cccc(C(=O)NC(C)(C)CN)c2n1. The Balaban J connectivity index is 2.45. The van der Waals surface area contributed by atoms with Crippen molar-refractivity contribution in [3.05, 3.63) is 41.6 Å². The summed E-state index contributed by atoms with van der Waals surface area (Å²) in [4.78, 5) is 16.8. The maximum Gasteiger partial charge on any atom is 0.253 e. The number of fused-ring (bicyclic) bond motifs is 1. The summed E-state index contributed by atoms with van der Waals surface area (Å²) in [5.74, 6) is -0.140. The highest BCUT2D eigenvalue weighted by atomic mass is 16.1. The zero-order chi connectivity index (χ0) is 14.0. The summed E-state index contributed by atoms with van der Waals surface area (Å²) < 4.78 is 0. The molecule has 1 heterocycles. The van der Waals surface area contributed by atoms with E-state index in [0.29, 0.717) is 12.1 Å². The minimum Gasteiger partial charge on any atom is -0.346 e. The summed E-state index contributed by atoms with van der Waals surface area (Å²) >= 11 is 0. The molecule has 2 aromatic rings. The van der Waals surface area contributed by atoms with E-state index >= 15 is 0 Å². The smallest absolute Gasteiger partial charge is 0.253 e. The van der Waals surface area contributed by atoms with Crippen LogP contribution in [0.4, 0.5) is 0 Å². The standard InChI is InChI=1S/C15H19N3O/c1-10-7-8-11-5-4-6-12(13(11)17-10)14(19)18-15(2,3)9-16/h4-8H,9,16H2,1-3H3,(H,18,19). The van der Waals surface area contributed by atoms with Gasteiger partial charge in [0, 0.05) is 23.2 Å². The van der Waals surface area contributed by atoms with Gasteiger partial charge in [0.15, 0.2) is 0 Å². The number of pyridine rings is 1. The van der Waals surface area contributed by atoms with Gasteiger partial charge >= 0.3 is 0 Å². The van der Waals surface area contributed by atoms with Gasteiger partial charge in [-0.3, -0.25) is 9.78 Å². The molecule has 0 atom stereocenters. The number of nitrogens with zero attached hydrogens (tertiary/aromatic N) is 1. The Bertz CT molecular complexity index is 620. The minimum absolute atomic E-state index is 0.140. The molecule has 0 aliphatic heterocycles. The van der Waals surface area contributed by atoms with Crippen molar-refractivity contribution >= 4 is 16.8 Å². The van der Waals surface area contributed by atoms with Crippen molar-refractivity contribution in [1.29, 1.82) is 0 Å². The highest BCUT2D eigenvalue weighted by molar-refractivity contribution is 6.05. The Kier molecular flexibility index (Phi) is 3.53. The number of para-hydroxylation sites is 1. The Hall–Kier alpha value is -1.94. The molecular weight excluding hydrogens is 238 g/mol. The second kappa shape index (κ2) is 4.97. The number of hydrogen-bond donors (Lipinski definition) is 2. The molecule has 0 aliphatic carbocycles. The first-order valence-electron chi connectivity index (χ1n) is 6.32. The number of nitrogens with two attached hydrogens (primary N) is 1. The van der Waals surface area contributed by atoms with Gasteiger partial charge in [-0.25, -0.2) is 0 Å². The van der Waals surface area contributed by atoms with Crippen LogP contribution in [-0.4, -0.2) is 23.0 Å². The monoisotopic (exact) mass is 257 g/mol. The van der Waals surface area contributed by atoms with Crippen LogP contribution in [0.1, 0.15) is 29.9 Å². The van der Waals surface area contributed by atoms with Crippen molar-refractivity contribution in [2.75, 3.05) is 6.54 Å². The van der Waals surface area contributed by atoms with Gasteiger partial charge in [0.2, 0.25) is 0 Å². The lowest BCUT2D eigenvalue weighted by Gasteiger charge is -2.24. The molecule has 3 N–H and O–H groups in total. The maximum atomic E-state index is 12.3. The van der Waals surface area contributed by atoms with Gasteiger partial charge in [0.1, 0.15) is 0 Å². The fraction of sp³-hybridized carbons (Fsp3) is 0.333. The van der Waals surface area contributed by atoms with Crippen LogP contribution in [0.3, 0.4) is 0 Å². The van der Waals surface area contributed by atoms with Crippen molar-refractivity contribution < 1.29 is 4.79 Å². The van der Waals surface area contributed by atoms with Crippen LogP contribution in [0, 0.1) is 6.92 Å². The second-order valence-corrected chi connectivity index (χ2v) is 5.37. The molecule has 19 heavy (non-hydrogen) atoms. The zero-order valence-electron chi connectivity index (χ0n) is 11.5. The third kappa shape index (κ3) is 2.90. The molecule has 0 saturated carbocycles. The number of aromatic nitrogens is 1. The molecule has 4 nitrogen and oxygen atoms in total. The molecule has 0 fully saturated rings. The lowest BCUT2D eigenvalue weighted by atomic mass is 10.0. The molecule has 0 unspecified atom stereocenters. The van der Waals surface area contributed by atoms with Crippen LogP contribution >= 0.6 is 0 Å². The molecular formula is C15H19N3O. The van der Waals surface area contributed by atoms with Gasteiger partial charge in [0.25, 0.3) is 5.91 Å². The van der Waals surface area contributed by atoms with Crippen LogP contribution in [-0.2, 0) is 0 Å². The predicted octanol–water partition coefficient (Wildman–Crippen LogP) is 2.01. The molecule has 100 valence electrons. The first-order valence-corrected chi connectivity index (χ1v) is 6.32. The Morgan fingerprint density at radius 2 is 2.05 bits per heavy atom. The minimum atomic E-state index is -0.428. The average Bonchev–Trinajstić information content (AvgIpc) is 2.37. The lowest BCUT2D eigenvalue weighted by Crippen LogP contribution is -2.48. The first kappa shape index (κ1) is 13.5. The van der Waals surface area contributed by atoms with Crippen molar-refractivity contribution in [3.63, 3.8) is 0 Å². The lowest BCUT2D eigenvalue weighted by molar-refractivity contribution is 0.0917. The molecule has 2 rings (SSSR count). The largest absolute Gasteiger partial charge is 0.346 e. The molecule has 0 bridgehead atoms. The van der Waals surface area contributed by atoms with Gasteiger partial charge in [-0.1, -0.05) is 18.2 Å². The summed E-state index contributed by atoms with van der Waals surface area (Å²) in [5.41, 5.74) is 7.42. The van der Waals surface area contributed by atoms with E-state index in [4.69, 9.17) is 5.73 Å². The highest BCUT2D eigenvalue weighted by Gasteiger charge is 2.20. The Morgan fingerprint density at radius 1 is 1.32 bits per heavy atom. The number of hydrogen-bond acceptors (Lipinski definition) is 3. The molecule has 1 aromatic heterocycles. The molecule has 0 aliphatic rings. The summed E-state index contributed by atoms with van der Waals surface area (Å²) in [6, 6.07) is 9.52. The van der Waals surface area contributed by atoms with E-state index < -0.39 is 5.54 Å². The fourth-order valence-corrected chi connectivity index (χ4v) is 1.85. The number of amides is 1. The van der Waals surface area contributed by atoms with E-state index in [1.165, 1.54) is 0 Å². The highest BCUT2D eigenvalue weighted by Crippen LogP contribution is 2.18. The van der Waals surface area contributed by atoms with Crippen molar-refractivity contribution in [2.24, 2.45) is 5.73 Å². The summed E-state index contributed by atoms with van der Waals surface area (Å²) in [5, 5.41) is 3.89. The normalized spacial score (nSPS) is 11.6. The van der Waals surface area contributed by atoms with Gasteiger partial charge in [-0.05, 0) is 32.9 Å². The molecule has 0 saturated heterocycles. The molecule has 4 heteroatoms. The number of carbonyl (C=O) groups is 1. The Labute approximate surface area is 113 Å². The zero-order valence-corrected chi connectivity index (χ0v) is 11.5. The number of benzene rings is 1. The summed E-state index contributed by atoms with van der Waals surface area (Å²) in [7, 11) is 0. The van der Waals surface area contributed by atoms with E-state index in [-0.39, 0.29) is 5.91 Å². The second-order valence-electron chi connectivity index (χ2n) is 5.37. The quantitative estimate of drug-likeness (QED) is 0.883. The van der Waals surface area contributed by atoms with Crippen LogP contribution in [0.5, 0.6) is 0 Å².